The third-order valence-corrected chi connectivity index (χ3v) is 1.99. The first kappa shape index (κ1) is 27.0. The fraction of sp³-hybridized carbons (Fsp3) is 0.471. The molecule has 24 heavy (non-hydrogen) atoms. The molecule has 1 heterocycles. The molecule has 0 aliphatic carbocycles. The van der Waals surface area contributed by atoms with E-state index in [1.807, 2.05) is 71.9 Å². The van der Waals surface area contributed by atoms with Crippen molar-refractivity contribution >= 4 is 26.9 Å². The fourth-order valence-electron chi connectivity index (χ4n) is 1.42. The maximum Gasteiger partial charge on any atom is 0.323 e. The maximum absolute atomic E-state index is 10.5. The predicted molar refractivity (Wildman–Crippen MR) is 103 cm³/mol. The molecule has 7 heteroatoms. The van der Waals surface area contributed by atoms with E-state index in [1.165, 1.54) is 0 Å². The van der Waals surface area contributed by atoms with E-state index in [0.29, 0.717) is 0 Å². The first-order valence-electron chi connectivity index (χ1n) is 8.01. The summed E-state index contributed by atoms with van der Waals surface area (Å²) < 4.78 is 20.5. The standard InChI is InChI=1S/C10H9NO2.3C2H6.CH5NO2S/c12-10(13)7-11-6-5-8-3-1-2-4-9(8)11;3*1-2;1-5(2,3)4/h1-6H,7H2,(H,12,13);3*1-2H3;1H3,(H2,2,3,4). The molecule has 3 N–H and O–H groups in total. The van der Waals surface area contributed by atoms with Gasteiger partial charge in [0, 0.05) is 11.7 Å². The number of carboxylic acids is 1. The molecule has 6 nitrogen and oxygen atoms in total. The average molecular weight is 361 g/mol. The molecule has 0 spiro atoms. The van der Waals surface area contributed by atoms with Gasteiger partial charge in [-0.05, 0) is 17.5 Å². The van der Waals surface area contributed by atoms with Crippen molar-refractivity contribution in [3.8, 4) is 0 Å². The van der Waals surface area contributed by atoms with E-state index in [9.17, 15) is 13.2 Å². The second-order valence-corrected chi connectivity index (χ2v) is 5.38. The first-order valence-corrected chi connectivity index (χ1v) is 9.96. The topological polar surface area (TPSA) is 102 Å². The zero-order valence-electron chi connectivity index (χ0n) is 15.8. The van der Waals surface area contributed by atoms with Crippen molar-refractivity contribution in [3.05, 3.63) is 36.5 Å². The minimum absolute atomic E-state index is 0.0213. The molecule has 0 amide bonds. The minimum atomic E-state index is -3.17. The van der Waals surface area contributed by atoms with E-state index in [2.05, 4.69) is 5.14 Å². The van der Waals surface area contributed by atoms with Crippen LogP contribution >= 0.6 is 0 Å². The van der Waals surface area contributed by atoms with Gasteiger partial charge in [-0.2, -0.15) is 0 Å². The van der Waals surface area contributed by atoms with E-state index < -0.39 is 16.0 Å². The predicted octanol–water partition coefficient (Wildman–Crippen LogP) is 3.71. The van der Waals surface area contributed by atoms with Crippen molar-refractivity contribution in [1.82, 2.24) is 4.57 Å². The van der Waals surface area contributed by atoms with E-state index >= 15 is 0 Å². The highest BCUT2D eigenvalue weighted by atomic mass is 32.2. The van der Waals surface area contributed by atoms with Crippen molar-refractivity contribution in [1.29, 1.82) is 0 Å². The zero-order chi connectivity index (χ0) is 19.8. The number of fused-ring (bicyclic) bond motifs is 1. The van der Waals surface area contributed by atoms with Crippen molar-refractivity contribution in [3.63, 3.8) is 0 Å². The molecule has 0 saturated heterocycles. The van der Waals surface area contributed by atoms with Crippen LogP contribution in [0.15, 0.2) is 36.5 Å². The number of aliphatic carboxylic acids is 1. The van der Waals surface area contributed by atoms with Crippen LogP contribution < -0.4 is 5.14 Å². The Morgan fingerprint density at radius 1 is 1.04 bits per heavy atom. The van der Waals surface area contributed by atoms with E-state index in [-0.39, 0.29) is 6.54 Å². The summed E-state index contributed by atoms with van der Waals surface area (Å²) >= 11 is 0. The van der Waals surface area contributed by atoms with Crippen LogP contribution in [-0.2, 0) is 21.4 Å². The van der Waals surface area contributed by atoms with Crippen molar-refractivity contribution in [2.75, 3.05) is 6.26 Å². The Morgan fingerprint density at radius 3 is 1.88 bits per heavy atom. The van der Waals surface area contributed by atoms with Crippen molar-refractivity contribution < 1.29 is 18.3 Å². The number of benzene rings is 1. The number of para-hydroxylation sites is 1. The number of primary sulfonamides is 1. The molecule has 2 rings (SSSR count). The molecule has 0 atom stereocenters. The Balaban J connectivity index is -0.000000340. The van der Waals surface area contributed by atoms with Crippen LogP contribution in [0.5, 0.6) is 0 Å². The van der Waals surface area contributed by atoms with Crippen LogP contribution in [0, 0.1) is 0 Å². The summed E-state index contributed by atoms with van der Waals surface area (Å²) in [6, 6.07) is 9.64. The SMILES string of the molecule is CC.CC.CC.CS(N)(=O)=O.O=C(O)Cn1ccc2ccccc21. The highest BCUT2D eigenvalue weighted by Crippen LogP contribution is 2.14. The summed E-state index contributed by atoms with van der Waals surface area (Å²) in [5.74, 6) is -0.818. The highest BCUT2D eigenvalue weighted by Gasteiger charge is 2.02. The number of hydrogen-bond acceptors (Lipinski definition) is 3. The number of sulfonamides is 1. The summed E-state index contributed by atoms with van der Waals surface area (Å²) in [5, 5.41) is 14.0. The second kappa shape index (κ2) is 16.0. The van der Waals surface area contributed by atoms with Crippen LogP contribution in [0.25, 0.3) is 10.9 Å². The van der Waals surface area contributed by atoms with Crippen LogP contribution in [0.1, 0.15) is 41.5 Å². The molecule has 2 aromatic rings. The Labute approximate surface area is 146 Å². The van der Waals surface area contributed by atoms with Gasteiger partial charge in [0.25, 0.3) is 0 Å². The van der Waals surface area contributed by atoms with Crippen LogP contribution in [0.3, 0.4) is 0 Å². The largest absolute Gasteiger partial charge is 0.480 e. The number of nitrogens with zero attached hydrogens (tertiary/aromatic N) is 1. The molecule has 140 valence electrons. The number of carbonyl (C=O) groups is 1. The van der Waals surface area contributed by atoms with Crippen LogP contribution in [-0.4, -0.2) is 30.3 Å². The van der Waals surface area contributed by atoms with Crippen LogP contribution in [0.2, 0.25) is 0 Å². The third-order valence-electron chi connectivity index (χ3n) is 1.99. The lowest BCUT2D eigenvalue weighted by molar-refractivity contribution is -0.137. The van der Waals surface area contributed by atoms with E-state index in [4.69, 9.17) is 5.11 Å². The van der Waals surface area contributed by atoms with Gasteiger partial charge in [0.1, 0.15) is 6.54 Å². The molecule has 0 saturated carbocycles. The Hall–Kier alpha value is -1.86. The Kier molecular flexibility index (Phi) is 18.0. The quantitative estimate of drug-likeness (QED) is 0.852. The molecular formula is C17H32N2O4S. The molecule has 0 unspecified atom stereocenters. The lowest BCUT2D eigenvalue weighted by Crippen LogP contribution is -2.07. The van der Waals surface area contributed by atoms with Gasteiger partial charge in [-0.3, -0.25) is 4.79 Å². The van der Waals surface area contributed by atoms with Crippen LogP contribution in [0.4, 0.5) is 0 Å². The molecule has 0 aliphatic heterocycles. The fourth-order valence-corrected chi connectivity index (χ4v) is 1.42. The molecule has 0 bridgehead atoms. The molecule has 0 radical (unpaired) electrons. The van der Waals surface area contributed by atoms with Gasteiger partial charge in [-0.1, -0.05) is 59.7 Å². The molecular weight excluding hydrogens is 328 g/mol. The third kappa shape index (κ3) is 15.1. The van der Waals surface area contributed by atoms with Gasteiger partial charge >= 0.3 is 5.97 Å². The lowest BCUT2D eigenvalue weighted by atomic mass is 10.2. The highest BCUT2D eigenvalue weighted by molar-refractivity contribution is 7.88. The monoisotopic (exact) mass is 360 g/mol. The van der Waals surface area contributed by atoms with Gasteiger partial charge in [0.15, 0.2) is 0 Å². The number of hydrogen-bond donors (Lipinski definition) is 2. The second-order valence-electron chi connectivity index (χ2n) is 3.73. The summed E-state index contributed by atoms with van der Waals surface area (Å²) in [4.78, 5) is 10.5. The smallest absolute Gasteiger partial charge is 0.323 e. The summed E-state index contributed by atoms with van der Waals surface area (Å²) in [5.41, 5.74) is 0.963. The zero-order valence-corrected chi connectivity index (χ0v) is 16.6. The Morgan fingerprint density at radius 2 is 1.46 bits per heavy atom. The molecule has 0 fully saturated rings. The Bertz CT molecular complexity index is 641. The maximum atomic E-state index is 10.5. The summed E-state index contributed by atoms with van der Waals surface area (Å²) in [6.07, 6.45) is 2.73. The van der Waals surface area contributed by atoms with Gasteiger partial charge in [0.2, 0.25) is 10.0 Å². The van der Waals surface area contributed by atoms with Crippen molar-refractivity contribution in [2.24, 2.45) is 5.14 Å². The number of rotatable bonds is 2. The summed E-state index contributed by atoms with van der Waals surface area (Å²) in [6.45, 7) is 12.0. The van der Waals surface area contributed by atoms with E-state index in [1.54, 1.807) is 10.8 Å². The average Bonchev–Trinajstić information content (AvgIpc) is 2.94. The molecule has 1 aromatic carbocycles. The number of nitrogens with two attached hydrogens (primary N) is 1. The normalized spacial score (nSPS) is 8.83. The van der Waals surface area contributed by atoms with Gasteiger partial charge in [0.05, 0.1) is 6.26 Å². The van der Waals surface area contributed by atoms with Gasteiger partial charge in [-0.15, -0.1) is 0 Å². The van der Waals surface area contributed by atoms with Crippen molar-refractivity contribution in [2.45, 2.75) is 48.1 Å². The van der Waals surface area contributed by atoms with E-state index in [0.717, 1.165) is 17.2 Å². The van der Waals surface area contributed by atoms with Gasteiger partial charge in [-0.25, -0.2) is 13.6 Å². The molecule has 1 aromatic heterocycles. The summed E-state index contributed by atoms with van der Waals surface area (Å²) in [7, 11) is -3.17. The lowest BCUT2D eigenvalue weighted by Gasteiger charge is -1.99. The molecule has 0 aliphatic rings. The number of carboxylic acid groups (broad SMARTS) is 1. The minimum Gasteiger partial charge on any atom is -0.480 e. The first-order chi connectivity index (χ1) is 11.3. The van der Waals surface area contributed by atoms with Gasteiger partial charge < -0.3 is 9.67 Å². The number of aromatic nitrogens is 1.